The molecule has 3 aromatic carbocycles. The molecule has 9 heteroatoms. The van der Waals surface area contributed by atoms with Crippen LogP contribution in [0.2, 0.25) is 0 Å². The molecule has 1 aromatic heterocycles. The lowest BCUT2D eigenvalue weighted by Gasteiger charge is -2.13. The number of rotatable bonds is 7. The van der Waals surface area contributed by atoms with Gasteiger partial charge in [0.1, 0.15) is 29.1 Å². The van der Waals surface area contributed by atoms with Crippen LogP contribution < -0.4 is 19.6 Å². The maximum absolute atomic E-state index is 12.8. The van der Waals surface area contributed by atoms with E-state index in [1.54, 1.807) is 55.6 Å². The summed E-state index contributed by atoms with van der Waals surface area (Å²) in [6.45, 7) is -0.111. The number of ether oxygens (including phenoxy) is 3. The summed E-state index contributed by atoms with van der Waals surface area (Å²) in [4.78, 5) is 51.0. The molecule has 0 atom stereocenters. The lowest BCUT2D eigenvalue weighted by molar-refractivity contribution is -0.134. The molecule has 9 nitrogen and oxygen atoms in total. The van der Waals surface area contributed by atoms with Crippen molar-refractivity contribution >= 4 is 28.8 Å². The number of fused-ring (bicyclic) bond motifs is 2. The number of hydrogen-bond donors (Lipinski definition) is 0. The molecule has 2 amide bonds. The summed E-state index contributed by atoms with van der Waals surface area (Å²) < 4.78 is 21.6. The molecule has 0 fully saturated rings. The predicted molar refractivity (Wildman–Crippen MR) is 128 cm³/mol. The molecule has 0 spiro atoms. The Hall–Kier alpha value is -4.92. The monoisotopic (exact) mass is 485 g/mol. The van der Waals surface area contributed by atoms with Crippen LogP contribution in [0.3, 0.4) is 0 Å². The van der Waals surface area contributed by atoms with Gasteiger partial charge in [0.25, 0.3) is 11.8 Å². The zero-order chi connectivity index (χ0) is 25.2. The number of benzene rings is 3. The summed E-state index contributed by atoms with van der Waals surface area (Å²) in [5.41, 5.74) is 0.440. The topological polar surface area (TPSA) is 112 Å². The maximum Gasteiger partial charge on any atom is 0.313 e. The van der Waals surface area contributed by atoms with Crippen molar-refractivity contribution in [3.8, 4) is 23.0 Å². The van der Waals surface area contributed by atoms with Crippen molar-refractivity contribution in [2.24, 2.45) is 0 Å². The lowest BCUT2D eigenvalue weighted by atomic mass is 10.1. The first kappa shape index (κ1) is 22.9. The number of esters is 1. The van der Waals surface area contributed by atoms with E-state index in [1.807, 2.05) is 0 Å². The second kappa shape index (κ2) is 9.38. The second-order valence-electron chi connectivity index (χ2n) is 7.90. The molecule has 36 heavy (non-hydrogen) atoms. The van der Waals surface area contributed by atoms with Crippen LogP contribution in [-0.2, 0) is 4.79 Å². The Kier molecular flexibility index (Phi) is 5.95. The summed E-state index contributed by atoms with van der Waals surface area (Å²) >= 11 is 0. The van der Waals surface area contributed by atoms with Crippen LogP contribution in [0.1, 0.15) is 27.1 Å². The predicted octanol–water partition coefficient (Wildman–Crippen LogP) is 4.19. The highest BCUT2D eigenvalue weighted by atomic mass is 16.5. The summed E-state index contributed by atoms with van der Waals surface area (Å²) in [7, 11) is 1.55. The van der Waals surface area contributed by atoms with Crippen molar-refractivity contribution in [2.75, 3.05) is 13.7 Å². The number of carbonyl (C=O) groups excluding carboxylic acids is 3. The smallest absolute Gasteiger partial charge is 0.313 e. The molecule has 0 saturated heterocycles. The van der Waals surface area contributed by atoms with E-state index in [1.165, 1.54) is 24.5 Å². The standard InChI is InChI=1S/C27H19NO8/c1-33-16-6-8-17(9-7-16)35-23-15-34-22-14-18(10-11-21(22)25(23)30)36-24(29)12-13-28-26(31)19-4-2-3-5-20(19)27(28)32/h2-11,14-15H,12-13H2,1H3. The molecule has 0 unspecified atom stereocenters. The van der Waals surface area contributed by atoms with E-state index in [2.05, 4.69) is 0 Å². The van der Waals surface area contributed by atoms with Crippen LogP contribution in [-0.4, -0.2) is 36.3 Å². The van der Waals surface area contributed by atoms with Crippen molar-refractivity contribution in [3.05, 3.63) is 94.3 Å². The van der Waals surface area contributed by atoms with Crippen molar-refractivity contribution in [3.63, 3.8) is 0 Å². The number of carbonyl (C=O) groups is 3. The minimum absolute atomic E-state index is 0.00152. The highest BCUT2D eigenvalue weighted by molar-refractivity contribution is 6.21. The molecule has 0 aliphatic carbocycles. The van der Waals surface area contributed by atoms with Gasteiger partial charge in [-0.25, -0.2) is 0 Å². The fourth-order valence-electron chi connectivity index (χ4n) is 3.82. The van der Waals surface area contributed by atoms with Crippen molar-refractivity contribution in [1.29, 1.82) is 0 Å². The van der Waals surface area contributed by atoms with Crippen LogP contribution in [0.4, 0.5) is 0 Å². The van der Waals surface area contributed by atoms with Crippen LogP contribution in [0.5, 0.6) is 23.0 Å². The van der Waals surface area contributed by atoms with Gasteiger partial charge in [0.2, 0.25) is 11.2 Å². The summed E-state index contributed by atoms with van der Waals surface area (Å²) in [5.74, 6) is -0.287. The first-order valence-corrected chi connectivity index (χ1v) is 11.0. The Labute approximate surface area is 204 Å². The number of imide groups is 1. The van der Waals surface area contributed by atoms with E-state index >= 15 is 0 Å². The second-order valence-corrected chi connectivity index (χ2v) is 7.90. The SMILES string of the molecule is COc1ccc(Oc2coc3cc(OC(=O)CCN4C(=O)c5ccccc5C4=O)ccc3c2=O)cc1. The van der Waals surface area contributed by atoms with E-state index in [-0.39, 0.29) is 35.4 Å². The lowest BCUT2D eigenvalue weighted by Crippen LogP contribution is -2.32. The fraction of sp³-hybridized carbons (Fsp3) is 0.111. The van der Waals surface area contributed by atoms with Crippen LogP contribution in [0.25, 0.3) is 11.0 Å². The number of amides is 2. The third-order valence-corrected chi connectivity index (χ3v) is 5.65. The summed E-state index contributed by atoms with van der Waals surface area (Å²) in [6, 6.07) is 17.6. The van der Waals surface area contributed by atoms with Gasteiger partial charge in [-0.3, -0.25) is 24.1 Å². The van der Waals surface area contributed by atoms with Gasteiger partial charge in [0.05, 0.1) is 30.0 Å². The molecule has 0 saturated carbocycles. The van der Waals surface area contributed by atoms with E-state index in [0.29, 0.717) is 22.6 Å². The average Bonchev–Trinajstić information content (AvgIpc) is 3.14. The fourth-order valence-corrected chi connectivity index (χ4v) is 3.82. The van der Waals surface area contributed by atoms with E-state index in [0.717, 1.165) is 4.90 Å². The Balaban J connectivity index is 1.25. The molecule has 4 aromatic rings. The van der Waals surface area contributed by atoms with Crippen LogP contribution in [0.15, 0.2) is 82.2 Å². The van der Waals surface area contributed by atoms with Gasteiger partial charge in [-0.1, -0.05) is 12.1 Å². The zero-order valence-electron chi connectivity index (χ0n) is 19.1. The normalized spacial score (nSPS) is 12.5. The quantitative estimate of drug-likeness (QED) is 0.218. The Morgan fingerprint density at radius 1 is 0.861 bits per heavy atom. The van der Waals surface area contributed by atoms with Crippen molar-refractivity contribution in [2.45, 2.75) is 6.42 Å². The molecule has 0 N–H and O–H groups in total. The molecular formula is C27H19NO8. The van der Waals surface area contributed by atoms with Crippen molar-refractivity contribution in [1.82, 2.24) is 4.90 Å². The van der Waals surface area contributed by atoms with Gasteiger partial charge in [-0.05, 0) is 48.5 Å². The van der Waals surface area contributed by atoms with Crippen LogP contribution >= 0.6 is 0 Å². The molecule has 5 rings (SSSR count). The highest BCUT2D eigenvalue weighted by Crippen LogP contribution is 2.26. The third-order valence-electron chi connectivity index (χ3n) is 5.65. The van der Waals surface area contributed by atoms with Crippen LogP contribution in [0, 0.1) is 0 Å². The van der Waals surface area contributed by atoms with E-state index in [4.69, 9.17) is 18.6 Å². The molecule has 0 bridgehead atoms. The summed E-state index contributed by atoms with van der Waals surface area (Å²) in [6.07, 6.45) is 0.991. The Morgan fingerprint density at radius 3 is 2.17 bits per heavy atom. The van der Waals surface area contributed by atoms with Gasteiger partial charge >= 0.3 is 5.97 Å². The number of methoxy groups -OCH3 is 1. The molecule has 1 aliphatic heterocycles. The minimum atomic E-state index is -0.646. The largest absolute Gasteiger partial charge is 0.497 e. The van der Waals surface area contributed by atoms with Crippen molar-refractivity contribution < 1.29 is 33.0 Å². The Bertz CT molecular complexity index is 1520. The third kappa shape index (κ3) is 4.29. The molecule has 2 heterocycles. The van der Waals surface area contributed by atoms with Gasteiger partial charge < -0.3 is 18.6 Å². The highest BCUT2D eigenvalue weighted by Gasteiger charge is 2.35. The Morgan fingerprint density at radius 2 is 1.50 bits per heavy atom. The summed E-state index contributed by atoms with van der Waals surface area (Å²) in [5, 5.41) is 0.242. The molecule has 180 valence electrons. The minimum Gasteiger partial charge on any atom is -0.497 e. The van der Waals surface area contributed by atoms with Gasteiger partial charge in [0, 0.05) is 12.6 Å². The van der Waals surface area contributed by atoms with E-state index < -0.39 is 23.2 Å². The van der Waals surface area contributed by atoms with Gasteiger partial charge in [0.15, 0.2) is 0 Å². The molecular weight excluding hydrogens is 466 g/mol. The molecule has 0 radical (unpaired) electrons. The molecule has 1 aliphatic rings. The average molecular weight is 485 g/mol. The zero-order valence-corrected chi connectivity index (χ0v) is 19.1. The van der Waals surface area contributed by atoms with Gasteiger partial charge in [-0.15, -0.1) is 0 Å². The van der Waals surface area contributed by atoms with E-state index in [9.17, 15) is 19.2 Å². The maximum atomic E-state index is 12.8. The number of hydrogen-bond acceptors (Lipinski definition) is 8. The first-order valence-electron chi connectivity index (χ1n) is 11.0. The first-order chi connectivity index (χ1) is 17.4. The number of nitrogens with zero attached hydrogens (tertiary/aromatic N) is 1. The van der Waals surface area contributed by atoms with Gasteiger partial charge in [-0.2, -0.15) is 0 Å².